The van der Waals surface area contributed by atoms with Gasteiger partial charge in [-0.1, -0.05) is 25.0 Å². The number of hydrogen-bond donors (Lipinski definition) is 1. The number of fused-ring (bicyclic) bond motifs is 2. The normalized spacial score (nSPS) is 14.4. The van der Waals surface area contributed by atoms with Gasteiger partial charge in [-0.05, 0) is 56.4 Å². The lowest BCUT2D eigenvalue weighted by molar-refractivity contribution is 0.524. The van der Waals surface area contributed by atoms with Crippen LogP contribution in [0.15, 0.2) is 44.1 Å². The second kappa shape index (κ2) is 8.48. The Kier molecular flexibility index (Phi) is 5.91. The predicted molar refractivity (Wildman–Crippen MR) is 126 cm³/mol. The third-order valence-electron chi connectivity index (χ3n) is 6.45. The van der Waals surface area contributed by atoms with E-state index in [1.165, 1.54) is 31.7 Å². The van der Waals surface area contributed by atoms with Crippen LogP contribution >= 0.6 is 12.4 Å². The first-order chi connectivity index (χ1) is 14.5. The molecule has 0 aliphatic heterocycles. The maximum absolute atomic E-state index is 12.3. The molecule has 0 radical (unpaired) electrons. The molecule has 1 N–H and O–H groups in total. The van der Waals surface area contributed by atoms with E-state index in [9.17, 15) is 4.79 Å². The second-order valence-electron chi connectivity index (χ2n) is 8.45. The molecule has 1 fully saturated rings. The molecule has 0 spiro atoms. The van der Waals surface area contributed by atoms with Gasteiger partial charge in [0, 0.05) is 41.2 Å². The van der Waals surface area contributed by atoms with Crippen LogP contribution in [0.5, 0.6) is 0 Å². The smallest absolute Gasteiger partial charge is 0.336 e. The molecule has 162 valence electrons. The van der Waals surface area contributed by atoms with E-state index in [1.54, 1.807) is 0 Å². The van der Waals surface area contributed by atoms with Crippen molar-refractivity contribution in [2.75, 3.05) is 0 Å². The topological polar surface area (TPSA) is 68.3 Å². The Morgan fingerprint density at radius 2 is 1.81 bits per heavy atom. The quantitative estimate of drug-likeness (QED) is 0.397. The molecule has 1 saturated carbocycles. The van der Waals surface area contributed by atoms with E-state index < -0.39 is 0 Å². The first kappa shape index (κ1) is 21.6. The summed E-state index contributed by atoms with van der Waals surface area (Å²) in [5, 5.41) is 5.60. The van der Waals surface area contributed by atoms with Crippen molar-refractivity contribution in [2.24, 2.45) is 0 Å². The van der Waals surface area contributed by atoms with Crippen LogP contribution in [-0.4, -0.2) is 11.0 Å². The molecule has 5 nitrogen and oxygen atoms in total. The van der Waals surface area contributed by atoms with Crippen LogP contribution in [0, 0.1) is 20.8 Å². The van der Waals surface area contributed by atoms with E-state index >= 15 is 0 Å². The third kappa shape index (κ3) is 3.88. The number of pyridine rings is 1. The highest BCUT2D eigenvalue weighted by molar-refractivity contribution is 5.97. The van der Waals surface area contributed by atoms with Crippen molar-refractivity contribution in [3.8, 4) is 11.3 Å². The number of nitrogens with zero attached hydrogens (tertiary/aromatic N) is 1. The number of aromatic nitrogens is 1. The summed E-state index contributed by atoms with van der Waals surface area (Å²) in [6, 6.07) is 8.19. The van der Waals surface area contributed by atoms with Crippen molar-refractivity contribution in [1.82, 2.24) is 10.3 Å². The fourth-order valence-electron chi connectivity index (χ4n) is 4.52. The van der Waals surface area contributed by atoms with E-state index in [-0.39, 0.29) is 18.0 Å². The molecule has 31 heavy (non-hydrogen) atoms. The SMILES string of the molecule is Cc1ccc2c(-c3cc4c(CNC5CCCC5)cnc(C)c4o3)cc(=O)oc2c1C.Cl. The molecule has 0 amide bonds. The Morgan fingerprint density at radius 3 is 2.58 bits per heavy atom. The van der Waals surface area contributed by atoms with Crippen LogP contribution in [0.3, 0.4) is 0 Å². The summed E-state index contributed by atoms with van der Waals surface area (Å²) >= 11 is 0. The fraction of sp³-hybridized carbons (Fsp3) is 0.360. The number of hydrogen-bond acceptors (Lipinski definition) is 5. The zero-order valence-electron chi connectivity index (χ0n) is 18.1. The van der Waals surface area contributed by atoms with Crippen LogP contribution in [0.25, 0.3) is 33.3 Å². The molecule has 0 bridgehead atoms. The Hall–Kier alpha value is -2.63. The molecule has 4 aromatic rings. The van der Waals surface area contributed by atoms with Gasteiger partial charge in [0.15, 0.2) is 5.58 Å². The van der Waals surface area contributed by atoms with Gasteiger partial charge >= 0.3 is 5.63 Å². The van der Waals surface area contributed by atoms with E-state index in [2.05, 4.69) is 10.3 Å². The van der Waals surface area contributed by atoms with E-state index in [0.29, 0.717) is 17.4 Å². The molecule has 3 aromatic heterocycles. The van der Waals surface area contributed by atoms with Crippen LogP contribution in [0.1, 0.15) is 48.1 Å². The monoisotopic (exact) mass is 438 g/mol. The highest BCUT2D eigenvalue weighted by Crippen LogP contribution is 2.35. The van der Waals surface area contributed by atoms with Gasteiger partial charge in [0.2, 0.25) is 0 Å². The predicted octanol–water partition coefficient (Wildman–Crippen LogP) is 5.98. The molecule has 1 aromatic carbocycles. The Bertz CT molecular complexity index is 1320. The van der Waals surface area contributed by atoms with Crippen LogP contribution in [0.4, 0.5) is 0 Å². The summed E-state index contributed by atoms with van der Waals surface area (Å²) in [5.41, 5.74) is 5.82. The van der Waals surface area contributed by atoms with Gasteiger partial charge in [-0.15, -0.1) is 12.4 Å². The number of furan rings is 1. The van der Waals surface area contributed by atoms with Crippen molar-refractivity contribution in [3.05, 3.63) is 63.3 Å². The maximum Gasteiger partial charge on any atom is 0.336 e. The first-order valence-corrected chi connectivity index (χ1v) is 10.7. The van der Waals surface area contributed by atoms with Crippen molar-refractivity contribution >= 4 is 34.3 Å². The number of rotatable bonds is 4. The molecule has 6 heteroatoms. The lowest BCUT2D eigenvalue weighted by Crippen LogP contribution is -2.25. The summed E-state index contributed by atoms with van der Waals surface area (Å²) in [7, 11) is 0. The van der Waals surface area contributed by atoms with Gasteiger partial charge in [-0.3, -0.25) is 4.98 Å². The van der Waals surface area contributed by atoms with Gasteiger partial charge in [0.05, 0.1) is 5.69 Å². The van der Waals surface area contributed by atoms with E-state index in [4.69, 9.17) is 8.83 Å². The van der Waals surface area contributed by atoms with Crippen LogP contribution in [-0.2, 0) is 6.54 Å². The Morgan fingerprint density at radius 1 is 1.03 bits per heavy atom. The Labute approximate surface area is 187 Å². The number of benzene rings is 1. The highest BCUT2D eigenvalue weighted by Gasteiger charge is 2.19. The molecule has 1 aliphatic rings. The fourth-order valence-corrected chi connectivity index (χ4v) is 4.52. The minimum absolute atomic E-state index is 0. The lowest BCUT2D eigenvalue weighted by Gasteiger charge is -2.12. The molecular formula is C25H27ClN2O3. The molecule has 0 unspecified atom stereocenters. The van der Waals surface area contributed by atoms with Crippen LogP contribution in [0.2, 0.25) is 0 Å². The summed E-state index contributed by atoms with van der Waals surface area (Å²) in [5.74, 6) is 0.671. The largest absolute Gasteiger partial charge is 0.454 e. The molecule has 5 rings (SSSR count). The average molecular weight is 439 g/mol. The summed E-state index contributed by atoms with van der Waals surface area (Å²) in [6.45, 7) is 6.71. The maximum atomic E-state index is 12.3. The first-order valence-electron chi connectivity index (χ1n) is 10.7. The number of aryl methyl sites for hydroxylation is 3. The average Bonchev–Trinajstić information content (AvgIpc) is 3.41. The van der Waals surface area contributed by atoms with Crippen molar-refractivity contribution in [3.63, 3.8) is 0 Å². The van der Waals surface area contributed by atoms with Crippen molar-refractivity contribution < 1.29 is 8.83 Å². The van der Waals surface area contributed by atoms with Crippen LogP contribution < -0.4 is 10.9 Å². The number of halogens is 1. The zero-order valence-corrected chi connectivity index (χ0v) is 18.9. The van der Waals surface area contributed by atoms with E-state index in [0.717, 1.165) is 50.8 Å². The minimum Gasteiger partial charge on any atom is -0.454 e. The van der Waals surface area contributed by atoms with Gasteiger partial charge in [0.1, 0.15) is 11.3 Å². The highest BCUT2D eigenvalue weighted by atomic mass is 35.5. The van der Waals surface area contributed by atoms with Gasteiger partial charge < -0.3 is 14.2 Å². The lowest BCUT2D eigenvalue weighted by atomic mass is 10.0. The molecule has 3 heterocycles. The third-order valence-corrected chi connectivity index (χ3v) is 6.45. The minimum atomic E-state index is -0.371. The summed E-state index contributed by atoms with van der Waals surface area (Å²) < 4.78 is 11.8. The molecular weight excluding hydrogens is 412 g/mol. The molecule has 1 aliphatic carbocycles. The van der Waals surface area contributed by atoms with E-state index in [1.807, 2.05) is 45.2 Å². The Balaban J connectivity index is 0.00000231. The molecule has 0 saturated heterocycles. The van der Waals surface area contributed by atoms with Gasteiger partial charge in [-0.2, -0.15) is 0 Å². The molecule has 0 atom stereocenters. The standard InChI is InChI=1S/C25H26N2O3.ClH/c1-14-8-9-19-21(11-23(28)30-24(19)15(14)2)22-10-20-17(12-26-16(3)25(20)29-22)13-27-18-6-4-5-7-18;/h8-12,18,27H,4-7,13H2,1-3H3;1H. The second-order valence-corrected chi connectivity index (χ2v) is 8.45. The summed E-state index contributed by atoms with van der Waals surface area (Å²) in [6.07, 6.45) is 7.02. The van der Waals surface area contributed by atoms with Gasteiger partial charge in [-0.25, -0.2) is 4.79 Å². The van der Waals surface area contributed by atoms with Crippen molar-refractivity contribution in [2.45, 2.75) is 59.0 Å². The van der Waals surface area contributed by atoms with Gasteiger partial charge in [0.25, 0.3) is 0 Å². The zero-order chi connectivity index (χ0) is 20.8. The number of nitrogens with one attached hydrogen (secondary N) is 1. The van der Waals surface area contributed by atoms with Crippen molar-refractivity contribution in [1.29, 1.82) is 0 Å². The summed E-state index contributed by atoms with van der Waals surface area (Å²) in [4.78, 5) is 16.9.